The zero-order valence-electron chi connectivity index (χ0n) is 11.8. The van der Waals surface area contributed by atoms with Crippen molar-refractivity contribution in [3.05, 3.63) is 58.4 Å². The average molecular weight is 272 g/mol. The maximum Gasteiger partial charge on any atom is 0.255 e. The lowest BCUT2D eigenvalue weighted by Crippen LogP contribution is -2.15. The second kappa shape index (κ2) is 5.33. The Kier molecular flexibility index (Phi) is 3.74. The first-order chi connectivity index (χ1) is 9.40. The summed E-state index contributed by atoms with van der Waals surface area (Å²) in [6.07, 6.45) is 0. The number of nitrogen functional groups attached to an aromatic ring is 1. The van der Waals surface area contributed by atoms with Crippen molar-refractivity contribution in [2.75, 3.05) is 11.1 Å². The van der Waals surface area contributed by atoms with Crippen molar-refractivity contribution in [2.45, 2.75) is 20.8 Å². The van der Waals surface area contributed by atoms with E-state index in [4.69, 9.17) is 5.73 Å². The molecule has 0 aliphatic rings. The van der Waals surface area contributed by atoms with Crippen LogP contribution in [0, 0.1) is 26.6 Å². The maximum absolute atomic E-state index is 13.1. The summed E-state index contributed by atoms with van der Waals surface area (Å²) in [5, 5.41) is 2.85. The van der Waals surface area contributed by atoms with Gasteiger partial charge in [-0.05, 0) is 61.7 Å². The molecule has 0 fully saturated rings. The number of carbonyl (C=O) groups excluding carboxylic acids is 1. The molecule has 3 N–H and O–H groups in total. The molecule has 0 radical (unpaired) electrons. The van der Waals surface area contributed by atoms with Gasteiger partial charge in [-0.15, -0.1) is 0 Å². The third kappa shape index (κ3) is 2.64. The number of aryl methyl sites for hydroxylation is 2. The topological polar surface area (TPSA) is 55.1 Å². The molecule has 2 rings (SSSR count). The molecule has 0 bridgehead atoms. The molecule has 104 valence electrons. The van der Waals surface area contributed by atoms with E-state index in [-0.39, 0.29) is 11.7 Å². The van der Waals surface area contributed by atoms with Crippen molar-refractivity contribution in [3.8, 4) is 0 Å². The minimum atomic E-state index is -0.352. The van der Waals surface area contributed by atoms with Crippen molar-refractivity contribution in [2.24, 2.45) is 0 Å². The maximum atomic E-state index is 13.1. The Balaban J connectivity index is 2.35. The summed E-state index contributed by atoms with van der Waals surface area (Å²) in [6.45, 7) is 5.46. The summed E-state index contributed by atoms with van der Waals surface area (Å²) in [4.78, 5) is 12.3. The highest BCUT2D eigenvalue weighted by atomic mass is 19.1. The molecule has 1 amide bonds. The van der Waals surface area contributed by atoms with Gasteiger partial charge >= 0.3 is 0 Å². The number of anilines is 2. The molecule has 0 heterocycles. The standard InChI is InChI=1S/C16H17FN2O/c1-9-4-7-14(18)11(3)15(9)19-16(20)13-6-5-12(17)8-10(13)2/h4-8H,18H2,1-3H3,(H,19,20). The zero-order valence-corrected chi connectivity index (χ0v) is 11.8. The summed E-state index contributed by atoms with van der Waals surface area (Å²) in [6, 6.07) is 7.77. The second-order valence-corrected chi connectivity index (χ2v) is 4.89. The van der Waals surface area contributed by atoms with Crippen molar-refractivity contribution in [1.29, 1.82) is 0 Å². The third-order valence-corrected chi connectivity index (χ3v) is 3.39. The molecule has 2 aromatic rings. The number of amides is 1. The lowest BCUT2D eigenvalue weighted by Gasteiger charge is -2.14. The fourth-order valence-electron chi connectivity index (χ4n) is 2.12. The molecule has 0 aliphatic carbocycles. The van der Waals surface area contributed by atoms with Gasteiger partial charge in [-0.3, -0.25) is 4.79 Å². The minimum Gasteiger partial charge on any atom is -0.398 e. The van der Waals surface area contributed by atoms with Crippen LogP contribution in [0.4, 0.5) is 15.8 Å². The van der Waals surface area contributed by atoms with Gasteiger partial charge in [0.2, 0.25) is 0 Å². The number of nitrogens with two attached hydrogens (primary N) is 1. The lowest BCUT2D eigenvalue weighted by molar-refractivity contribution is 0.102. The molecular weight excluding hydrogens is 255 g/mol. The van der Waals surface area contributed by atoms with Gasteiger partial charge in [0.15, 0.2) is 0 Å². The summed E-state index contributed by atoms with van der Waals surface area (Å²) in [5.74, 6) is -0.616. The van der Waals surface area contributed by atoms with E-state index in [1.165, 1.54) is 18.2 Å². The predicted molar refractivity (Wildman–Crippen MR) is 79.4 cm³/mol. The number of rotatable bonds is 2. The van der Waals surface area contributed by atoms with Crippen LogP contribution in [-0.4, -0.2) is 5.91 Å². The normalized spacial score (nSPS) is 10.4. The first-order valence-corrected chi connectivity index (χ1v) is 6.33. The zero-order chi connectivity index (χ0) is 14.9. The molecule has 20 heavy (non-hydrogen) atoms. The largest absolute Gasteiger partial charge is 0.398 e. The number of hydrogen-bond acceptors (Lipinski definition) is 2. The molecule has 0 aromatic heterocycles. The molecule has 0 saturated carbocycles. The smallest absolute Gasteiger partial charge is 0.255 e. The van der Waals surface area contributed by atoms with E-state index in [0.717, 1.165) is 11.1 Å². The molecular formula is C16H17FN2O. The average Bonchev–Trinajstić information content (AvgIpc) is 2.39. The Hall–Kier alpha value is -2.36. The molecule has 0 aliphatic heterocycles. The number of halogens is 1. The van der Waals surface area contributed by atoms with Crippen LogP contribution in [0.5, 0.6) is 0 Å². The Morgan fingerprint density at radius 3 is 2.45 bits per heavy atom. The second-order valence-electron chi connectivity index (χ2n) is 4.89. The fourth-order valence-corrected chi connectivity index (χ4v) is 2.12. The van der Waals surface area contributed by atoms with Gasteiger partial charge in [-0.1, -0.05) is 6.07 Å². The summed E-state index contributed by atoms with van der Waals surface area (Å²) >= 11 is 0. The predicted octanol–water partition coefficient (Wildman–Crippen LogP) is 3.59. The molecule has 3 nitrogen and oxygen atoms in total. The Labute approximate surface area is 117 Å². The van der Waals surface area contributed by atoms with Crippen LogP contribution >= 0.6 is 0 Å². The quantitative estimate of drug-likeness (QED) is 0.821. The number of nitrogens with one attached hydrogen (secondary N) is 1. The van der Waals surface area contributed by atoms with Crippen LogP contribution in [0.2, 0.25) is 0 Å². The Morgan fingerprint density at radius 1 is 1.10 bits per heavy atom. The first-order valence-electron chi connectivity index (χ1n) is 6.33. The van der Waals surface area contributed by atoms with E-state index in [2.05, 4.69) is 5.32 Å². The highest BCUT2D eigenvalue weighted by Crippen LogP contribution is 2.26. The van der Waals surface area contributed by atoms with E-state index < -0.39 is 0 Å². The van der Waals surface area contributed by atoms with E-state index in [0.29, 0.717) is 22.5 Å². The molecule has 0 unspecified atom stereocenters. The van der Waals surface area contributed by atoms with Gasteiger partial charge in [-0.2, -0.15) is 0 Å². The SMILES string of the molecule is Cc1cc(F)ccc1C(=O)Nc1c(C)ccc(N)c1C. The lowest BCUT2D eigenvalue weighted by atomic mass is 10.0. The van der Waals surface area contributed by atoms with E-state index in [1.807, 2.05) is 26.0 Å². The Bertz CT molecular complexity index is 680. The molecule has 4 heteroatoms. The van der Waals surface area contributed by atoms with Crippen molar-refractivity contribution < 1.29 is 9.18 Å². The van der Waals surface area contributed by atoms with Crippen LogP contribution in [0.1, 0.15) is 27.0 Å². The minimum absolute atomic E-state index is 0.265. The van der Waals surface area contributed by atoms with Crippen LogP contribution in [0.15, 0.2) is 30.3 Å². The van der Waals surface area contributed by atoms with E-state index >= 15 is 0 Å². The first kappa shape index (κ1) is 14.1. The van der Waals surface area contributed by atoms with Crippen molar-refractivity contribution in [1.82, 2.24) is 0 Å². The van der Waals surface area contributed by atoms with Crippen molar-refractivity contribution >= 4 is 17.3 Å². The molecule has 0 saturated heterocycles. The van der Waals surface area contributed by atoms with Crippen LogP contribution in [-0.2, 0) is 0 Å². The van der Waals surface area contributed by atoms with Gasteiger partial charge < -0.3 is 11.1 Å². The molecule has 0 spiro atoms. The highest BCUT2D eigenvalue weighted by molar-refractivity contribution is 6.06. The van der Waals surface area contributed by atoms with Gasteiger partial charge in [0.25, 0.3) is 5.91 Å². The summed E-state index contributed by atoms with van der Waals surface area (Å²) in [7, 11) is 0. The van der Waals surface area contributed by atoms with Gasteiger partial charge in [0, 0.05) is 16.9 Å². The van der Waals surface area contributed by atoms with Gasteiger partial charge in [-0.25, -0.2) is 4.39 Å². The fraction of sp³-hybridized carbons (Fsp3) is 0.188. The third-order valence-electron chi connectivity index (χ3n) is 3.39. The van der Waals surface area contributed by atoms with Crippen LogP contribution < -0.4 is 11.1 Å². The number of benzene rings is 2. The molecule has 2 aromatic carbocycles. The molecule has 0 atom stereocenters. The van der Waals surface area contributed by atoms with Gasteiger partial charge in [0.05, 0.1) is 0 Å². The van der Waals surface area contributed by atoms with Crippen molar-refractivity contribution in [3.63, 3.8) is 0 Å². The number of hydrogen-bond donors (Lipinski definition) is 2. The summed E-state index contributed by atoms with van der Waals surface area (Å²) in [5.41, 5.74) is 10.0. The highest BCUT2D eigenvalue weighted by Gasteiger charge is 2.13. The number of carbonyl (C=O) groups is 1. The van der Waals surface area contributed by atoms with E-state index in [1.54, 1.807) is 6.92 Å². The summed E-state index contributed by atoms with van der Waals surface area (Å²) < 4.78 is 13.1. The van der Waals surface area contributed by atoms with Crippen LogP contribution in [0.25, 0.3) is 0 Å². The Morgan fingerprint density at radius 2 is 1.80 bits per heavy atom. The van der Waals surface area contributed by atoms with E-state index in [9.17, 15) is 9.18 Å². The monoisotopic (exact) mass is 272 g/mol. The van der Waals surface area contributed by atoms with Crippen LogP contribution in [0.3, 0.4) is 0 Å². The van der Waals surface area contributed by atoms with Gasteiger partial charge in [0.1, 0.15) is 5.82 Å².